The van der Waals surface area contributed by atoms with Gasteiger partial charge in [-0.05, 0) is 59.2 Å². The van der Waals surface area contributed by atoms with Crippen molar-refractivity contribution in [2.45, 2.75) is 0 Å². The Bertz CT molecular complexity index is 3470. The molecule has 0 atom stereocenters. The third kappa shape index (κ3) is 5.22. The van der Waals surface area contributed by atoms with Crippen LogP contribution in [0.1, 0.15) is 0 Å². The highest BCUT2D eigenvalue weighted by Gasteiger charge is 2.20. The zero-order chi connectivity index (χ0) is 37.5. The summed E-state index contributed by atoms with van der Waals surface area (Å²) in [5.41, 5.74) is 9.03. The minimum atomic E-state index is 0.572. The standard InChI is InChI=1S/C51H29N3OS2/c1-3-13-30(14-4-1)49-52-50(31-15-5-2-6-16-31)54-51(53-49)40-22-11-19-36-34-26-25-32(28-42(34)55-47(36)40)33-27-41(46-39-18-8-10-24-44(39)56-45(46)29-33)38-21-12-20-37-35-17-7-9-23-43(35)57-48(37)38/h1-29H. The van der Waals surface area contributed by atoms with Crippen LogP contribution in [0.25, 0.3) is 119 Å². The van der Waals surface area contributed by atoms with Crippen molar-refractivity contribution in [1.29, 1.82) is 0 Å². The summed E-state index contributed by atoms with van der Waals surface area (Å²) in [6.07, 6.45) is 0. The first-order valence-corrected chi connectivity index (χ1v) is 20.6. The number of benzene rings is 8. The molecule has 6 heteroatoms. The molecule has 57 heavy (non-hydrogen) atoms. The molecule has 266 valence electrons. The first-order chi connectivity index (χ1) is 28.2. The first kappa shape index (κ1) is 32.3. The van der Waals surface area contributed by atoms with Crippen LogP contribution in [0.2, 0.25) is 0 Å². The van der Waals surface area contributed by atoms with Gasteiger partial charge >= 0.3 is 0 Å². The second kappa shape index (κ2) is 12.8. The van der Waals surface area contributed by atoms with Gasteiger partial charge in [-0.2, -0.15) is 0 Å². The van der Waals surface area contributed by atoms with E-state index in [0.29, 0.717) is 17.5 Å². The quantitative estimate of drug-likeness (QED) is 0.175. The number of furan rings is 1. The molecule has 0 fully saturated rings. The SMILES string of the molecule is c1ccc(-c2nc(-c3ccccc3)nc(-c3cccc4c3oc3cc(-c5cc(-c6cccc7c6sc6ccccc67)c6c(c5)sc5ccccc56)ccc34)n2)cc1. The van der Waals surface area contributed by atoms with Crippen LogP contribution in [0.5, 0.6) is 0 Å². The first-order valence-electron chi connectivity index (χ1n) is 18.9. The van der Waals surface area contributed by atoms with Crippen molar-refractivity contribution >= 4 is 85.0 Å². The number of fused-ring (bicyclic) bond motifs is 9. The van der Waals surface area contributed by atoms with Gasteiger partial charge in [0.05, 0.1) is 5.56 Å². The van der Waals surface area contributed by atoms with Crippen LogP contribution in [-0.4, -0.2) is 15.0 Å². The lowest BCUT2D eigenvalue weighted by Gasteiger charge is -2.11. The van der Waals surface area contributed by atoms with Gasteiger partial charge in [-0.3, -0.25) is 0 Å². The molecule has 0 aliphatic heterocycles. The Hall–Kier alpha value is -6.99. The number of hydrogen-bond acceptors (Lipinski definition) is 6. The summed E-state index contributed by atoms with van der Waals surface area (Å²) >= 11 is 3.73. The fourth-order valence-electron chi connectivity index (χ4n) is 8.28. The topological polar surface area (TPSA) is 51.8 Å². The second-order valence-corrected chi connectivity index (χ2v) is 16.4. The summed E-state index contributed by atoms with van der Waals surface area (Å²) in [6.45, 7) is 0. The van der Waals surface area contributed by atoms with E-state index in [4.69, 9.17) is 19.4 Å². The average molecular weight is 764 g/mol. The van der Waals surface area contributed by atoms with E-state index < -0.39 is 0 Å². The number of aromatic nitrogens is 3. The Balaban J connectivity index is 1.05. The zero-order valence-electron chi connectivity index (χ0n) is 30.3. The van der Waals surface area contributed by atoms with E-state index >= 15 is 0 Å². The van der Waals surface area contributed by atoms with Crippen molar-refractivity contribution in [3.63, 3.8) is 0 Å². The summed E-state index contributed by atoms with van der Waals surface area (Å²) in [5.74, 6) is 1.81. The molecule has 0 N–H and O–H groups in total. The van der Waals surface area contributed by atoms with E-state index in [2.05, 4.69) is 109 Å². The predicted octanol–water partition coefficient (Wildman–Crippen LogP) is 14.8. The number of rotatable bonds is 5. The van der Waals surface area contributed by atoms with Gasteiger partial charge in [-0.1, -0.05) is 133 Å². The van der Waals surface area contributed by atoms with Crippen molar-refractivity contribution in [2.75, 3.05) is 0 Å². The van der Waals surface area contributed by atoms with Crippen molar-refractivity contribution in [3.05, 3.63) is 176 Å². The van der Waals surface area contributed by atoms with Gasteiger partial charge < -0.3 is 4.42 Å². The summed E-state index contributed by atoms with van der Waals surface area (Å²) in [7, 11) is 0. The second-order valence-electron chi connectivity index (χ2n) is 14.3. The minimum Gasteiger partial charge on any atom is -0.455 e. The smallest absolute Gasteiger partial charge is 0.167 e. The molecular formula is C51H29N3OS2. The lowest BCUT2D eigenvalue weighted by atomic mass is 9.93. The van der Waals surface area contributed by atoms with Crippen LogP contribution in [0.15, 0.2) is 180 Å². The van der Waals surface area contributed by atoms with Crippen molar-refractivity contribution in [3.8, 4) is 56.4 Å². The highest BCUT2D eigenvalue weighted by molar-refractivity contribution is 7.26. The molecule has 0 unspecified atom stereocenters. The van der Waals surface area contributed by atoms with Crippen molar-refractivity contribution in [1.82, 2.24) is 15.0 Å². The fraction of sp³-hybridized carbons (Fsp3) is 0. The molecule has 0 aliphatic rings. The molecule has 12 rings (SSSR count). The van der Waals surface area contributed by atoms with Crippen LogP contribution in [0.3, 0.4) is 0 Å². The Labute approximate surface area is 335 Å². The molecule has 0 saturated carbocycles. The number of thiophene rings is 2. The van der Waals surface area contributed by atoms with E-state index in [1.54, 1.807) is 0 Å². The van der Waals surface area contributed by atoms with Crippen LogP contribution < -0.4 is 0 Å². The number of hydrogen-bond donors (Lipinski definition) is 0. The molecule has 0 aliphatic carbocycles. The molecule has 12 aromatic rings. The molecule has 0 radical (unpaired) electrons. The lowest BCUT2D eigenvalue weighted by molar-refractivity contribution is 0.669. The highest BCUT2D eigenvalue weighted by atomic mass is 32.1. The molecule has 0 spiro atoms. The van der Waals surface area contributed by atoms with E-state index in [9.17, 15) is 0 Å². The normalized spacial score (nSPS) is 11.9. The maximum Gasteiger partial charge on any atom is 0.167 e. The maximum atomic E-state index is 6.84. The molecule has 0 bridgehead atoms. The lowest BCUT2D eigenvalue weighted by Crippen LogP contribution is -2.00. The Kier molecular flexibility index (Phi) is 7.24. The van der Waals surface area contributed by atoms with E-state index in [1.807, 2.05) is 89.4 Å². The van der Waals surface area contributed by atoms with Crippen molar-refractivity contribution in [2.24, 2.45) is 0 Å². The molecule has 4 aromatic heterocycles. The molecular weight excluding hydrogens is 735 g/mol. The monoisotopic (exact) mass is 763 g/mol. The Morgan fingerprint density at radius 3 is 1.72 bits per heavy atom. The van der Waals surface area contributed by atoms with Gasteiger partial charge in [-0.15, -0.1) is 22.7 Å². The minimum absolute atomic E-state index is 0.572. The van der Waals surface area contributed by atoms with E-state index in [0.717, 1.165) is 49.8 Å². The van der Waals surface area contributed by atoms with Crippen LogP contribution in [0.4, 0.5) is 0 Å². The fourth-order valence-corrected chi connectivity index (χ4v) is 10.7. The van der Waals surface area contributed by atoms with E-state index in [1.165, 1.54) is 51.5 Å². The maximum absolute atomic E-state index is 6.84. The average Bonchev–Trinajstić information content (AvgIpc) is 3.97. The van der Waals surface area contributed by atoms with Crippen LogP contribution in [0, 0.1) is 0 Å². The third-order valence-electron chi connectivity index (χ3n) is 10.9. The molecule has 4 heterocycles. The summed E-state index contributed by atoms with van der Waals surface area (Å²) in [4.78, 5) is 15.0. The third-order valence-corrected chi connectivity index (χ3v) is 13.3. The van der Waals surface area contributed by atoms with Gasteiger partial charge in [0.25, 0.3) is 0 Å². The highest BCUT2D eigenvalue weighted by Crippen LogP contribution is 2.47. The van der Waals surface area contributed by atoms with Crippen molar-refractivity contribution < 1.29 is 4.42 Å². The molecule has 0 saturated heterocycles. The number of nitrogens with zero attached hydrogens (tertiary/aromatic N) is 3. The molecule has 4 nitrogen and oxygen atoms in total. The Morgan fingerprint density at radius 1 is 0.351 bits per heavy atom. The predicted molar refractivity (Wildman–Crippen MR) is 240 cm³/mol. The molecule has 8 aromatic carbocycles. The summed E-state index contributed by atoms with van der Waals surface area (Å²) in [6, 6.07) is 62.0. The van der Waals surface area contributed by atoms with Crippen LogP contribution >= 0.6 is 22.7 Å². The van der Waals surface area contributed by atoms with Gasteiger partial charge in [0, 0.05) is 67.8 Å². The van der Waals surface area contributed by atoms with Gasteiger partial charge in [0.1, 0.15) is 11.2 Å². The Morgan fingerprint density at radius 2 is 0.965 bits per heavy atom. The van der Waals surface area contributed by atoms with E-state index in [-0.39, 0.29) is 0 Å². The summed E-state index contributed by atoms with van der Waals surface area (Å²) in [5, 5.41) is 7.28. The van der Waals surface area contributed by atoms with Gasteiger partial charge in [-0.25, -0.2) is 15.0 Å². The number of para-hydroxylation sites is 1. The van der Waals surface area contributed by atoms with Gasteiger partial charge in [0.2, 0.25) is 0 Å². The summed E-state index contributed by atoms with van der Waals surface area (Å²) < 4.78 is 12.0. The zero-order valence-corrected chi connectivity index (χ0v) is 31.9. The largest absolute Gasteiger partial charge is 0.455 e. The van der Waals surface area contributed by atoms with Gasteiger partial charge in [0.15, 0.2) is 17.5 Å². The molecule has 0 amide bonds. The van der Waals surface area contributed by atoms with Crippen LogP contribution in [-0.2, 0) is 0 Å².